The van der Waals surface area contributed by atoms with E-state index in [0.717, 1.165) is 0 Å². The predicted molar refractivity (Wildman–Crippen MR) is 29.9 cm³/mol. The Balaban J connectivity index is 0.000000490. The van der Waals surface area contributed by atoms with Crippen LogP contribution in [0, 0.1) is 0 Å². The van der Waals surface area contributed by atoms with Gasteiger partial charge in [0.05, 0.1) is 6.20 Å². The number of nitrogens with one attached hydrogen (secondary N) is 1. The molecule has 0 aliphatic heterocycles. The maximum atomic E-state index is 10.2. The highest BCUT2D eigenvalue weighted by atomic mass is 16.1. The Hall–Kier alpha value is -1.16. The molecule has 4 N–H and O–H groups in total. The first-order chi connectivity index (χ1) is 3.39. The van der Waals surface area contributed by atoms with Crippen LogP contribution >= 0.6 is 0 Å². The third kappa shape index (κ3) is 1.53. The van der Waals surface area contributed by atoms with Gasteiger partial charge in [0.1, 0.15) is 0 Å². The third-order valence-corrected chi connectivity index (χ3v) is 0.578. The second kappa shape index (κ2) is 2.92. The number of H-pyrrole nitrogens is 1. The van der Waals surface area contributed by atoms with Crippen LogP contribution in [0.15, 0.2) is 23.4 Å². The minimum Gasteiger partial charge on any atom is -0.344 e. The van der Waals surface area contributed by atoms with Gasteiger partial charge in [-0.15, -0.1) is 0 Å². The second-order valence-corrected chi connectivity index (χ2v) is 1.10. The molecule has 1 aromatic heterocycles. The van der Waals surface area contributed by atoms with E-state index in [1.807, 2.05) is 0 Å². The smallest absolute Gasteiger partial charge is 0.266 e. The Morgan fingerprint density at radius 1 is 1.62 bits per heavy atom. The van der Waals surface area contributed by atoms with Crippen molar-refractivity contribution < 1.29 is 0 Å². The van der Waals surface area contributed by atoms with Crippen LogP contribution in [0.2, 0.25) is 0 Å². The zero-order valence-electron chi connectivity index (χ0n) is 4.29. The standard InChI is InChI=1S/C4H4N2O.H3N/c7-4-3-5-1-2-6-4;/h1-3H,(H,6,7);1H3. The molecule has 0 radical (unpaired) electrons. The molecule has 1 aromatic rings. The van der Waals surface area contributed by atoms with E-state index in [2.05, 4.69) is 9.97 Å². The topological polar surface area (TPSA) is 80.8 Å². The molecule has 1 heterocycles. The van der Waals surface area contributed by atoms with Crippen LogP contribution in [-0.2, 0) is 0 Å². The maximum absolute atomic E-state index is 10.2. The monoisotopic (exact) mass is 113 g/mol. The summed E-state index contributed by atoms with van der Waals surface area (Å²) in [5.41, 5.74) is -0.164. The summed E-state index contributed by atoms with van der Waals surface area (Å²) in [4.78, 5) is 16.1. The highest BCUT2D eigenvalue weighted by molar-refractivity contribution is 4.73. The number of hydrogen-bond donors (Lipinski definition) is 2. The van der Waals surface area contributed by atoms with E-state index in [1.165, 1.54) is 18.6 Å². The van der Waals surface area contributed by atoms with Gasteiger partial charge in [-0.25, -0.2) is 0 Å². The van der Waals surface area contributed by atoms with Gasteiger partial charge in [-0.3, -0.25) is 9.78 Å². The second-order valence-electron chi connectivity index (χ2n) is 1.10. The largest absolute Gasteiger partial charge is 0.344 e. The molecule has 0 aromatic carbocycles. The van der Waals surface area contributed by atoms with Crippen LogP contribution < -0.4 is 11.7 Å². The number of hydrogen-bond acceptors (Lipinski definition) is 3. The fourth-order valence-corrected chi connectivity index (χ4v) is 0.310. The molecule has 0 amide bonds. The van der Waals surface area contributed by atoms with Crippen molar-refractivity contribution in [3.8, 4) is 0 Å². The van der Waals surface area contributed by atoms with Crippen LogP contribution in [0.1, 0.15) is 0 Å². The number of aromatic nitrogens is 2. The first kappa shape index (κ1) is 6.84. The van der Waals surface area contributed by atoms with Crippen LogP contribution in [0.25, 0.3) is 0 Å². The molecule has 0 aliphatic rings. The number of aromatic amines is 1. The molecular weight excluding hydrogens is 106 g/mol. The van der Waals surface area contributed by atoms with Gasteiger partial charge in [0.25, 0.3) is 5.56 Å². The molecule has 0 unspecified atom stereocenters. The highest BCUT2D eigenvalue weighted by Gasteiger charge is 1.70. The summed E-state index contributed by atoms with van der Waals surface area (Å²) in [6.45, 7) is 0. The Kier molecular flexibility index (Phi) is 2.50. The van der Waals surface area contributed by atoms with Crippen LogP contribution in [-0.4, -0.2) is 9.97 Å². The van der Waals surface area contributed by atoms with Gasteiger partial charge in [-0.1, -0.05) is 0 Å². The van der Waals surface area contributed by atoms with E-state index in [-0.39, 0.29) is 11.7 Å². The van der Waals surface area contributed by atoms with Crippen molar-refractivity contribution in [1.82, 2.24) is 16.1 Å². The van der Waals surface area contributed by atoms with E-state index in [9.17, 15) is 4.79 Å². The molecule has 4 heteroatoms. The average Bonchev–Trinajstić information content (AvgIpc) is 1.69. The highest BCUT2D eigenvalue weighted by Crippen LogP contribution is 1.57. The quantitative estimate of drug-likeness (QED) is 0.494. The van der Waals surface area contributed by atoms with E-state index < -0.39 is 0 Å². The minimum absolute atomic E-state index is 0. The van der Waals surface area contributed by atoms with Gasteiger partial charge in [0.2, 0.25) is 0 Å². The van der Waals surface area contributed by atoms with Crippen molar-refractivity contribution >= 4 is 0 Å². The Bertz CT molecular complexity index is 177. The van der Waals surface area contributed by atoms with Crippen molar-refractivity contribution in [3.63, 3.8) is 0 Å². The average molecular weight is 113 g/mol. The summed E-state index contributed by atoms with van der Waals surface area (Å²) in [5, 5.41) is 0. The lowest BCUT2D eigenvalue weighted by Crippen LogP contribution is -2.01. The molecule has 44 valence electrons. The molecule has 0 saturated carbocycles. The first-order valence-electron chi connectivity index (χ1n) is 1.88. The summed E-state index contributed by atoms with van der Waals surface area (Å²) in [7, 11) is 0. The SMILES string of the molecule is N.O=c1cncc[nH]1. The fraction of sp³-hybridized carbons (Fsp3) is 0. The Labute approximate surface area is 46.2 Å². The molecule has 1 rings (SSSR count). The van der Waals surface area contributed by atoms with Gasteiger partial charge >= 0.3 is 0 Å². The summed E-state index contributed by atoms with van der Waals surface area (Å²) in [6.07, 6.45) is 4.23. The van der Waals surface area contributed by atoms with Crippen molar-refractivity contribution in [1.29, 1.82) is 0 Å². The fourth-order valence-electron chi connectivity index (χ4n) is 0.310. The zero-order valence-corrected chi connectivity index (χ0v) is 4.29. The zero-order chi connectivity index (χ0) is 5.11. The van der Waals surface area contributed by atoms with E-state index in [4.69, 9.17) is 0 Å². The maximum Gasteiger partial charge on any atom is 0.266 e. The third-order valence-electron chi connectivity index (χ3n) is 0.578. The molecule has 0 bridgehead atoms. The number of nitrogens with zero attached hydrogens (tertiary/aromatic N) is 1. The van der Waals surface area contributed by atoms with Crippen LogP contribution in [0.3, 0.4) is 0 Å². The van der Waals surface area contributed by atoms with Crippen molar-refractivity contribution in [2.45, 2.75) is 0 Å². The lowest BCUT2D eigenvalue weighted by Gasteiger charge is -1.73. The van der Waals surface area contributed by atoms with Crippen molar-refractivity contribution in [2.24, 2.45) is 0 Å². The Morgan fingerprint density at radius 3 is 2.62 bits per heavy atom. The Morgan fingerprint density at radius 2 is 2.38 bits per heavy atom. The normalized spacial score (nSPS) is 7.50. The molecule has 0 fully saturated rings. The lowest BCUT2D eigenvalue weighted by molar-refractivity contribution is 1.14. The van der Waals surface area contributed by atoms with E-state index in [0.29, 0.717) is 0 Å². The predicted octanol–water partition coefficient (Wildman–Crippen LogP) is -0.0681. The summed E-state index contributed by atoms with van der Waals surface area (Å²) in [6, 6.07) is 0. The van der Waals surface area contributed by atoms with Gasteiger partial charge in [0.15, 0.2) is 0 Å². The molecule has 0 atom stereocenters. The molecule has 0 aliphatic carbocycles. The molecular formula is C4H7N3O. The first-order valence-corrected chi connectivity index (χ1v) is 1.88. The van der Waals surface area contributed by atoms with Crippen LogP contribution in [0.5, 0.6) is 0 Å². The molecule has 0 saturated heterocycles. The molecule has 0 spiro atoms. The van der Waals surface area contributed by atoms with Crippen molar-refractivity contribution in [2.75, 3.05) is 0 Å². The minimum atomic E-state index is -0.164. The van der Waals surface area contributed by atoms with Gasteiger partial charge in [-0.05, 0) is 0 Å². The summed E-state index contributed by atoms with van der Waals surface area (Å²) < 4.78 is 0. The van der Waals surface area contributed by atoms with Crippen molar-refractivity contribution in [3.05, 3.63) is 28.9 Å². The van der Waals surface area contributed by atoms with Gasteiger partial charge < -0.3 is 11.1 Å². The summed E-state index contributed by atoms with van der Waals surface area (Å²) in [5.74, 6) is 0. The molecule has 8 heavy (non-hydrogen) atoms. The van der Waals surface area contributed by atoms with E-state index in [1.54, 1.807) is 0 Å². The lowest BCUT2D eigenvalue weighted by atomic mass is 10.8. The molecule has 4 nitrogen and oxygen atoms in total. The van der Waals surface area contributed by atoms with Crippen LogP contribution in [0.4, 0.5) is 0 Å². The number of rotatable bonds is 0. The van der Waals surface area contributed by atoms with Gasteiger partial charge in [-0.2, -0.15) is 0 Å². The van der Waals surface area contributed by atoms with Gasteiger partial charge in [0, 0.05) is 12.4 Å². The summed E-state index contributed by atoms with van der Waals surface area (Å²) >= 11 is 0. The van der Waals surface area contributed by atoms with E-state index >= 15 is 0 Å².